The standard InChI is InChI=1S/C15H16ClNO3S/c1-12-3-8-15(20-12)11-17(2)21(18,19)10-9-13-4-6-14(16)7-5-13/h3-10H,11H2,1-2H3/b10-9+. The zero-order valence-corrected chi connectivity index (χ0v) is 13.4. The van der Waals surface area contributed by atoms with Crippen molar-refractivity contribution in [1.82, 2.24) is 4.31 Å². The van der Waals surface area contributed by atoms with Gasteiger partial charge in [-0.25, -0.2) is 8.42 Å². The monoisotopic (exact) mass is 325 g/mol. The third-order valence-corrected chi connectivity index (χ3v) is 4.64. The SMILES string of the molecule is Cc1ccc(CN(C)S(=O)(=O)/C=C/c2ccc(Cl)cc2)o1. The van der Waals surface area contributed by atoms with Crippen LogP contribution in [0.3, 0.4) is 0 Å². The number of nitrogens with zero attached hydrogens (tertiary/aromatic N) is 1. The van der Waals surface area contributed by atoms with Crippen LogP contribution in [0.4, 0.5) is 0 Å². The van der Waals surface area contributed by atoms with Gasteiger partial charge in [0, 0.05) is 17.5 Å². The van der Waals surface area contributed by atoms with E-state index >= 15 is 0 Å². The van der Waals surface area contributed by atoms with Crippen molar-refractivity contribution >= 4 is 27.7 Å². The third kappa shape index (κ3) is 4.46. The molecule has 2 aromatic rings. The van der Waals surface area contributed by atoms with Crippen LogP contribution in [0.5, 0.6) is 0 Å². The molecule has 21 heavy (non-hydrogen) atoms. The molecule has 0 aliphatic heterocycles. The molecule has 1 aromatic carbocycles. The van der Waals surface area contributed by atoms with Crippen molar-refractivity contribution in [3.05, 3.63) is 63.9 Å². The van der Waals surface area contributed by atoms with E-state index in [4.69, 9.17) is 16.0 Å². The van der Waals surface area contributed by atoms with Gasteiger partial charge in [0.1, 0.15) is 11.5 Å². The molecule has 0 atom stereocenters. The molecule has 0 fully saturated rings. The lowest BCUT2D eigenvalue weighted by Crippen LogP contribution is -2.24. The van der Waals surface area contributed by atoms with Gasteiger partial charge >= 0.3 is 0 Å². The number of furan rings is 1. The van der Waals surface area contributed by atoms with Gasteiger partial charge in [-0.15, -0.1) is 0 Å². The Bertz CT molecular complexity index is 733. The van der Waals surface area contributed by atoms with Crippen LogP contribution in [0.25, 0.3) is 6.08 Å². The second-order valence-electron chi connectivity index (χ2n) is 4.67. The number of sulfonamides is 1. The van der Waals surface area contributed by atoms with Crippen molar-refractivity contribution in [2.24, 2.45) is 0 Å². The molecule has 0 aliphatic rings. The summed E-state index contributed by atoms with van der Waals surface area (Å²) in [5.74, 6) is 1.37. The van der Waals surface area contributed by atoms with Crippen molar-refractivity contribution < 1.29 is 12.8 Å². The highest BCUT2D eigenvalue weighted by Gasteiger charge is 2.16. The number of benzene rings is 1. The van der Waals surface area contributed by atoms with Crippen molar-refractivity contribution in [1.29, 1.82) is 0 Å². The molecule has 112 valence electrons. The maximum Gasteiger partial charge on any atom is 0.236 e. The van der Waals surface area contributed by atoms with Crippen LogP contribution in [0.1, 0.15) is 17.1 Å². The summed E-state index contributed by atoms with van der Waals surface area (Å²) in [5, 5.41) is 1.78. The average molecular weight is 326 g/mol. The van der Waals surface area contributed by atoms with Crippen LogP contribution in [0.15, 0.2) is 46.2 Å². The largest absolute Gasteiger partial charge is 0.465 e. The minimum Gasteiger partial charge on any atom is -0.465 e. The molecule has 0 N–H and O–H groups in total. The number of hydrogen-bond donors (Lipinski definition) is 0. The Morgan fingerprint density at radius 1 is 1.19 bits per heavy atom. The van der Waals surface area contributed by atoms with Crippen molar-refractivity contribution in [2.75, 3.05) is 7.05 Å². The van der Waals surface area contributed by atoms with Gasteiger partial charge in [-0.2, -0.15) is 4.31 Å². The summed E-state index contributed by atoms with van der Waals surface area (Å²) in [4.78, 5) is 0. The highest BCUT2D eigenvalue weighted by Crippen LogP contribution is 2.14. The minimum absolute atomic E-state index is 0.196. The number of rotatable bonds is 5. The Morgan fingerprint density at radius 2 is 1.86 bits per heavy atom. The summed E-state index contributed by atoms with van der Waals surface area (Å²) in [5.41, 5.74) is 0.769. The zero-order chi connectivity index (χ0) is 15.5. The van der Waals surface area contributed by atoms with E-state index in [1.165, 1.54) is 22.8 Å². The Kier molecular flexibility index (Phi) is 4.88. The third-order valence-electron chi connectivity index (χ3n) is 2.91. The molecule has 0 spiro atoms. The molecule has 0 saturated heterocycles. The van der Waals surface area contributed by atoms with Crippen LogP contribution in [-0.2, 0) is 16.6 Å². The molecule has 0 unspecified atom stereocenters. The summed E-state index contributed by atoms with van der Waals surface area (Å²) in [7, 11) is -1.98. The van der Waals surface area contributed by atoms with E-state index in [1.807, 2.05) is 6.92 Å². The molecule has 1 aromatic heterocycles. The van der Waals surface area contributed by atoms with E-state index < -0.39 is 10.0 Å². The van der Waals surface area contributed by atoms with Crippen LogP contribution in [0, 0.1) is 6.92 Å². The number of hydrogen-bond acceptors (Lipinski definition) is 3. The van der Waals surface area contributed by atoms with Crippen molar-refractivity contribution in [3.63, 3.8) is 0 Å². The molecular formula is C15H16ClNO3S. The lowest BCUT2D eigenvalue weighted by atomic mass is 10.2. The molecule has 0 amide bonds. The quantitative estimate of drug-likeness (QED) is 0.842. The number of halogens is 1. The Morgan fingerprint density at radius 3 is 2.43 bits per heavy atom. The zero-order valence-electron chi connectivity index (χ0n) is 11.8. The van der Waals surface area contributed by atoms with Crippen molar-refractivity contribution in [2.45, 2.75) is 13.5 Å². The molecule has 0 aliphatic carbocycles. The maximum absolute atomic E-state index is 12.2. The van der Waals surface area contributed by atoms with E-state index in [0.29, 0.717) is 10.8 Å². The van der Waals surface area contributed by atoms with E-state index in [2.05, 4.69) is 0 Å². The molecule has 2 rings (SSSR count). The highest BCUT2D eigenvalue weighted by molar-refractivity contribution is 7.92. The maximum atomic E-state index is 12.2. The fourth-order valence-corrected chi connectivity index (χ4v) is 2.69. The smallest absolute Gasteiger partial charge is 0.236 e. The molecular weight excluding hydrogens is 310 g/mol. The summed E-state index contributed by atoms with van der Waals surface area (Å²) in [6, 6.07) is 10.5. The van der Waals surface area contributed by atoms with E-state index in [9.17, 15) is 8.42 Å². The second-order valence-corrected chi connectivity index (χ2v) is 7.03. The fourth-order valence-electron chi connectivity index (χ4n) is 1.72. The predicted octanol–water partition coefficient (Wildman–Crippen LogP) is 3.67. The highest BCUT2D eigenvalue weighted by atomic mass is 35.5. The van der Waals surface area contributed by atoms with Gasteiger partial charge < -0.3 is 4.42 Å². The van der Waals surface area contributed by atoms with Gasteiger partial charge in [0.25, 0.3) is 0 Å². The first-order chi connectivity index (χ1) is 9.87. The van der Waals surface area contributed by atoms with Crippen LogP contribution >= 0.6 is 11.6 Å². The van der Waals surface area contributed by atoms with Crippen LogP contribution < -0.4 is 0 Å². The fraction of sp³-hybridized carbons (Fsp3) is 0.200. The summed E-state index contributed by atoms with van der Waals surface area (Å²) >= 11 is 5.78. The lowest BCUT2D eigenvalue weighted by Gasteiger charge is -2.12. The lowest BCUT2D eigenvalue weighted by molar-refractivity contribution is 0.401. The molecule has 6 heteroatoms. The van der Waals surface area contributed by atoms with Gasteiger partial charge in [-0.05, 0) is 42.8 Å². The molecule has 1 heterocycles. The first kappa shape index (κ1) is 15.8. The van der Waals surface area contributed by atoms with Gasteiger partial charge in [-0.3, -0.25) is 0 Å². The summed E-state index contributed by atoms with van der Waals surface area (Å²) in [6.45, 7) is 2.01. The van der Waals surface area contributed by atoms with Crippen molar-refractivity contribution in [3.8, 4) is 0 Å². The predicted molar refractivity (Wildman–Crippen MR) is 84.3 cm³/mol. The van der Waals surface area contributed by atoms with E-state index in [1.54, 1.807) is 36.4 Å². The number of aryl methyl sites for hydroxylation is 1. The van der Waals surface area contributed by atoms with Gasteiger partial charge in [0.05, 0.1) is 6.54 Å². The van der Waals surface area contributed by atoms with Gasteiger partial charge in [0.15, 0.2) is 0 Å². The van der Waals surface area contributed by atoms with E-state index in [-0.39, 0.29) is 6.54 Å². The topological polar surface area (TPSA) is 50.5 Å². The van der Waals surface area contributed by atoms with E-state index in [0.717, 1.165) is 11.3 Å². The van der Waals surface area contributed by atoms with Crippen LogP contribution in [-0.4, -0.2) is 19.8 Å². The summed E-state index contributed by atoms with van der Waals surface area (Å²) < 4.78 is 30.9. The van der Waals surface area contributed by atoms with Gasteiger partial charge in [-0.1, -0.05) is 23.7 Å². The normalized spacial score (nSPS) is 12.4. The Labute approximate surface area is 129 Å². The average Bonchev–Trinajstić information content (AvgIpc) is 2.83. The molecule has 0 saturated carbocycles. The second kappa shape index (κ2) is 6.47. The molecule has 0 bridgehead atoms. The Hall–Kier alpha value is -1.56. The minimum atomic E-state index is -3.50. The first-order valence-electron chi connectivity index (χ1n) is 6.32. The molecule has 0 radical (unpaired) electrons. The summed E-state index contributed by atoms with van der Waals surface area (Å²) in [6.07, 6.45) is 1.54. The Balaban J connectivity index is 2.08. The van der Waals surface area contributed by atoms with Crippen LogP contribution in [0.2, 0.25) is 5.02 Å². The molecule has 4 nitrogen and oxygen atoms in total. The first-order valence-corrected chi connectivity index (χ1v) is 8.20. The van der Waals surface area contributed by atoms with Gasteiger partial charge in [0.2, 0.25) is 10.0 Å².